The zero-order chi connectivity index (χ0) is 27.4. The number of carbonyl (C=O) groups is 2. The Hall–Kier alpha value is -4.10. The lowest BCUT2D eigenvalue weighted by molar-refractivity contribution is -0.143. The lowest BCUT2D eigenvalue weighted by atomic mass is 10.2. The van der Waals surface area contributed by atoms with Gasteiger partial charge in [-0.05, 0) is 61.5 Å². The zero-order valence-corrected chi connectivity index (χ0v) is 21.7. The normalized spacial score (nSPS) is 11.9. The molecule has 0 radical (unpaired) electrons. The van der Waals surface area contributed by atoms with Crippen molar-refractivity contribution in [3.63, 3.8) is 0 Å². The van der Waals surface area contributed by atoms with Gasteiger partial charge in [0.25, 0.3) is 15.9 Å². The van der Waals surface area contributed by atoms with Crippen LogP contribution in [0.15, 0.2) is 70.6 Å². The van der Waals surface area contributed by atoms with E-state index in [-0.39, 0.29) is 37.8 Å². The monoisotopic (exact) mass is 561 g/mol. The van der Waals surface area contributed by atoms with Crippen molar-refractivity contribution in [3.05, 3.63) is 82.7 Å². The van der Waals surface area contributed by atoms with Crippen LogP contribution >= 0.6 is 11.3 Å². The Balaban J connectivity index is 1.62. The van der Waals surface area contributed by atoms with Crippen LogP contribution in [0.4, 0.5) is 14.5 Å². The van der Waals surface area contributed by atoms with E-state index in [9.17, 15) is 26.8 Å². The van der Waals surface area contributed by atoms with Gasteiger partial charge in [-0.1, -0.05) is 11.3 Å². The van der Waals surface area contributed by atoms with Crippen LogP contribution in [0, 0.1) is 11.6 Å². The molecule has 0 aliphatic rings. The van der Waals surface area contributed by atoms with Crippen LogP contribution in [0.25, 0.3) is 10.2 Å². The van der Waals surface area contributed by atoms with E-state index in [4.69, 9.17) is 9.47 Å². The molecule has 9 nitrogen and oxygen atoms in total. The van der Waals surface area contributed by atoms with Gasteiger partial charge in [-0.25, -0.2) is 17.2 Å². The summed E-state index contributed by atoms with van der Waals surface area (Å²) >= 11 is 0.834. The Labute approximate surface area is 220 Å². The maximum Gasteiger partial charge on any atom is 0.326 e. The molecular weight excluding hydrogens is 540 g/mol. The molecule has 1 heterocycles. The molecule has 1 aromatic heterocycles. The van der Waals surface area contributed by atoms with E-state index < -0.39 is 40.1 Å². The number of thiazole rings is 1. The molecule has 0 fully saturated rings. The molecule has 4 rings (SSSR count). The van der Waals surface area contributed by atoms with E-state index in [0.29, 0.717) is 11.8 Å². The molecular formula is C25H21F2N3O6S2. The van der Waals surface area contributed by atoms with Crippen LogP contribution in [0.1, 0.15) is 17.3 Å². The summed E-state index contributed by atoms with van der Waals surface area (Å²) in [5.41, 5.74) is 0.220. The third-order valence-electron chi connectivity index (χ3n) is 5.24. The minimum atomic E-state index is -3.89. The van der Waals surface area contributed by atoms with Gasteiger partial charge in [-0.3, -0.25) is 14.3 Å². The summed E-state index contributed by atoms with van der Waals surface area (Å²) in [7, 11) is -2.42. The summed E-state index contributed by atoms with van der Waals surface area (Å²) in [5, 5.41) is 0. The quantitative estimate of drug-likeness (QED) is 0.324. The Morgan fingerprint density at radius 1 is 1.05 bits per heavy atom. The van der Waals surface area contributed by atoms with Crippen molar-refractivity contribution in [2.24, 2.45) is 4.99 Å². The molecule has 4 aromatic rings. The summed E-state index contributed by atoms with van der Waals surface area (Å²) in [5.74, 6) is -2.64. The first-order valence-electron chi connectivity index (χ1n) is 11.1. The molecule has 0 saturated heterocycles. The Morgan fingerprint density at radius 3 is 2.37 bits per heavy atom. The maximum atomic E-state index is 14.6. The maximum absolute atomic E-state index is 14.6. The number of ether oxygens (including phenoxy) is 2. The van der Waals surface area contributed by atoms with E-state index in [1.807, 2.05) is 0 Å². The summed E-state index contributed by atoms with van der Waals surface area (Å²) in [4.78, 5) is 29.0. The van der Waals surface area contributed by atoms with E-state index in [1.54, 1.807) is 6.92 Å². The van der Waals surface area contributed by atoms with Crippen molar-refractivity contribution < 1.29 is 36.3 Å². The van der Waals surface area contributed by atoms with Crippen molar-refractivity contribution >= 4 is 49.1 Å². The third-order valence-corrected chi connectivity index (χ3v) is 7.66. The SMILES string of the molecule is CCOC(=O)Cn1c(=NC(=O)c2ccc(NS(=O)(=O)c3ccc(OC)cc3)cc2)sc2cc(F)cc(F)c21. The molecule has 0 aliphatic heterocycles. The number of aromatic nitrogens is 1. The second kappa shape index (κ2) is 11.1. The third kappa shape index (κ3) is 5.89. The molecule has 3 aromatic carbocycles. The number of amides is 1. The van der Waals surface area contributed by atoms with E-state index in [1.165, 1.54) is 55.6 Å². The molecule has 0 saturated carbocycles. The molecule has 0 unspecified atom stereocenters. The Bertz CT molecular complexity index is 1680. The highest BCUT2D eigenvalue weighted by atomic mass is 32.2. The van der Waals surface area contributed by atoms with Crippen molar-refractivity contribution in [3.8, 4) is 5.75 Å². The summed E-state index contributed by atoms with van der Waals surface area (Å²) in [6.45, 7) is 1.27. The Kier molecular flexibility index (Phi) is 7.88. The van der Waals surface area contributed by atoms with Crippen LogP contribution in [0.5, 0.6) is 5.75 Å². The highest BCUT2D eigenvalue weighted by Crippen LogP contribution is 2.23. The van der Waals surface area contributed by atoms with Crippen molar-refractivity contribution in [2.75, 3.05) is 18.4 Å². The largest absolute Gasteiger partial charge is 0.497 e. The van der Waals surface area contributed by atoms with Gasteiger partial charge in [0.2, 0.25) is 0 Å². The molecule has 1 N–H and O–H groups in total. The van der Waals surface area contributed by atoms with E-state index in [2.05, 4.69) is 9.71 Å². The lowest BCUT2D eigenvalue weighted by Gasteiger charge is -2.09. The van der Waals surface area contributed by atoms with Crippen LogP contribution in [-0.4, -0.2) is 38.6 Å². The molecule has 198 valence electrons. The molecule has 0 atom stereocenters. The van der Waals surface area contributed by atoms with Gasteiger partial charge in [-0.15, -0.1) is 0 Å². The van der Waals surface area contributed by atoms with E-state index in [0.717, 1.165) is 22.0 Å². The molecule has 0 aliphatic carbocycles. The summed E-state index contributed by atoms with van der Waals surface area (Å²) < 4.78 is 67.3. The average Bonchev–Trinajstić information content (AvgIpc) is 3.20. The first-order valence-corrected chi connectivity index (χ1v) is 13.4. The van der Waals surface area contributed by atoms with Crippen LogP contribution in [-0.2, 0) is 26.1 Å². The number of hydrogen-bond donors (Lipinski definition) is 1. The minimum absolute atomic E-state index is 0.0213. The van der Waals surface area contributed by atoms with Gasteiger partial charge in [-0.2, -0.15) is 4.99 Å². The van der Waals surface area contributed by atoms with Crippen LogP contribution in [0.2, 0.25) is 0 Å². The number of rotatable bonds is 8. The molecule has 1 amide bonds. The number of nitrogens with zero attached hydrogens (tertiary/aromatic N) is 2. The van der Waals surface area contributed by atoms with Gasteiger partial charge in [0.05, 0.1) is 28.8 Å². The number of benzene rings is 3. The summed E-state index contributed by atoms with van der Waals surface area (Å²) in [6, 6.07) is 13.1. The van der Waals surface area contributed by atoms with Gasteiger partial charge >= 0.3 is 5.97 Å². The van der Waals surface area contributed by atoms with Gasteiger partial charge < -0.3 is 14.0 Å². The standard InChI is InChI=1S/C25H21F2N3O6S2/c1-3-36-22(31)14-30-23-20(27)12-16(26)13-21(23)37-25(30)28-24(32)15-4-6-17(7-5-15)29-38(33,34)19-10-8-18(35-2)9-11-19/h4-13,29H,3,14H2,1-2H3. The topological polar surface area (TPSA) is 116 Å². The predicted molar refractivity (Wildman–Crippen MR) is 137 cm³/mol. The molecule has 0 bridgehead atoms. The fourth-order valence-electron chi connectivity index (χ4n) is 3.50. The van der Waals surface area contributed by atoms with Gasteiger partial charge in [0, 0.05) is 17.3 Å². The first kappa shape index (κ1) is 26.9. The average molecular weight is 562 g/mol. The zero-order valence-electron chi connectivity index (χ0n) is 20.1. The smallest absolute Gasteiger partial charge is 0.326 e. The highest BCUT2D eigenvalue weighted by molar-refractivity contribution is 7.92. The van der Waals surface area contributed by atoms with E-state index >= 15 is 0 Å². The van der Waals surface area contributed by atoms with Gasteiger partial charge in [0.15, 0.2) is 10.6 Å². The van der Waals surface area contributed by atoms with Crippen molar-refractivity contribution in [1.29, 1.82) is 0 Å². The minimum Gasteiger partial charge on any atom is -0.497 e. The first-order chi connectivity index (χ1) is 18.1. The second-order valence-corrected chi connectivity index (χ2v) is 10.5. The molecule has 0 spiro atoms. The fraction of sp³-hybridized carbons (Fsp3) is 0.160. The number of methoxy groups -OCH3 is 1. The number of carbonyl (C=O) groups excluding carboxylic acids is 2. The second-order valence-electron chi connectivity index (χ2n) is 7.79. The van der Waals surface area contributed by atoms with Crippen LogP contribution < -0.4 is 14.3 Å². The number of fused-ring (bicyclic) bond motifs is 1. The fourth-order valence-corrected chi connectivity index (χ4v) is 5.62. The number of esters is 1. The number of nitrogens with one attached hydrogen (secondary N) is 1. The number of hydrogen-bond acceptors (Lipinski definition) is 7. The van der Waals surface area contributed by atoms with Crippen molar-refractivity contribution in [1.82, 2.24) is 4.57 Å². The predicted octanol–water partition coefficient (Wildman–Crippen LogP) is 4.09. The molecule has 13 heteroatoms. The van der Waals surface area contributed by atoms with Crippen LogP contribution in [0.3, 0.4) is 0 Å². The lowest BCUT2D eigenvalue weighted by Crippen LogP contribution is -2.23. The number of anilines is 1. The Morgan fingerprint density at radius 2 is 1.74 bits per heavy atom. The number of halogens is 2. The van der Waals surface area contributed by atoms with Crippen molar-refractivity contribution in [2.45, 2.75) is 18.4 Å². The molecule has 38 heavy (non-hydrogen) atoms. The summed E-state index contributed by atoms with van der Waals surface area (Å²) in [6.07, 6.45) is 0. The highest BCUT2D eigenvalue weighted by Gasteiger charge is 2.18. The number of sulfonamides is 1. The van der Waals surface area contributed by atoms with Gasteiger partial charge in [0.1, 0.15) is 18.1 Å².